The van der Waals surface area contributed by atoms with E-state index in [0.29, 0.717) is 0 Å². The Bertz CT molecular complexity index is 618. The van der Waals surface area contributed by atoms with Crippen LogP contribution in [0.2, 0.25) is 0 Å². The lowest BCUT2D eigenvalue weighted by molar-refractivity contribution is -0.128. The van der Waals surface area contributed by atoms with Crippen molar-refractivity contribution >= 4 is 23.2 Å². The normalized spacial score (nSPS) is 17.1. The molecule has 1 aromatic rings. The highest BCUT2D eigenvalue weighted by atomic mass is 16.2. The standard InChI is InChI=1S/C19H30N4O2/c1-13(21-18(25)16(20)19(2,3)4)17(24)22-14-8-7-9-15(12-14)23-10-5-6-11-23/h7-9,12-13,16H,5-6,10-11,20H2,1-4H3,(H,21,25)(H,22,24)/t13?,16-/m1/s1. The molecular formula is C19H30N4O2. The summed E-state index contributed by atoms with van der Waals surface area (Å²) in [6.07, 6.45) is 2.40. The van der Waals surface area contributed by atoms with Crippen LogP contribution in [0.1, 0.15) is 40.5 Å². The van der Waals surface area contributed by atoms with Crippen LogP contribution in [0.15, 0.2) is 24.3 Å². The van der Waals surface area contributed by atoms with Gasteiger partial charge in [0.05, 0.1) is 6.04 Å². The Hall–Kier alpha value is -2.08. The fourth-order valence-electron chi connectivity index (χ4n) is 2.77. The minimum absolute atomic E-state index is 0.256. The van der Waals surface area contributed by atoms with Crippen LogP contribution < -0.4 is 21.3 Å². The maximum atomic E-state index is 12.4. The van der Waals surface area contributed by atoms with Gasteiger partial charge < -0.3 is 21.3 Å². The first-order chi connectivity index (χ1) is 11.7. The van der Waals surface area contributed by atoms with Gasteiger partial charge in [0.1, 0.15) is 6.04 Å². The Balaban J connectivity index is 1.94. The molecule has 1 saturated heterocycles. The van der Waals surface area contributed by atoms with Gasteiger partial charge in [-0.25, -0.2) is 0 Å². The summed E-state index contributed by atoms with van der Waals surface area (Å²) in [6.45, 7) is 9.44. The average molecular weight is 346 g/mol. The lowest BCUT2D eigenvalue weighted by Crippen LogP contribution is -2.53. The van der Waals surface area contributed by atoms with Crippen LogP contribution in [-0.2, 0) is 9.59 Å². The first-order valence-corrected chi connectivity index (χ1v) is 8.90. The first kappa shape index (κ1) is 19.2. The topological polar surface area (TPSA) is 87.5 Å². The maximum absolute atomic E-state index is 12.4. The number of nitrogens with one attached hydrogen (secondary N) is 2. The number of nitrogens with zero attached hydrogens (tertiary/aromatic N) is 1. The molecule has 1 aromatic carbocycles. The minimum Gasteiger partial charge on any atom is -0.371 e. The number of amides is 2. The zero-order chi connectivity index (χ0) is 18.6. The number of hydrogen-bond donors (Lipinski definition) is 3. The molecule has 1 heterocycles. The molecule has 1 fully saturated rings. The number of anilines is 2. The molecule has 138 valence electrons. The molecular weight excluding hydrogens is 316 g/mol. The quantitative estimate of drug-likeness (QED) is 0.762. The molecule has 25 heavy (non-hydrogen) atoms. The van der Waals surface area contributed by atoms with E-state index >= 15 is 0 Å². The second kappa shape index (κ2) is 7.87. The average Bonchev–Trinajstić information content (AvgIpc) is 3.07. The van der Waals surface area contributed by atoms with Gasteiger partial charge >= 0.3 is 0 Å². The Morgan fingerprint density at radius 1 is 1.16 bits per heavy atom. The monoisotopic (exact) mass is 346 g/mol. The van der Waals surface area contributed by atoms with Crippen LogP contribution in [0.5, 0.6) is 0 Å². The third-order valence-electron chi connectivity index (χ3n) is 4.55. The van der Waals surface area contributed by atoms with E-state index in [1.807, 2.05) is 39.0 Å². The number of hydrogen-bond acceptors (Lipinski definition) is 4. The van der Waals surface area contributed by atoms with Crippen LogP contribution in [0.4, 0.5) is 11.4 Å². The molecule has 2 atom stereocenters. The van der Waals surface area contributed by atoms with Gasteiger partial charge in [-0.2, -0.15) is 0 Å². The highest BCUT2D eigenvalue weighted by Crippen LogP contribution is 2.23. The van der Waals surface area contributed by atoms with Crippen molar-refractivity contribution in [2.45, 2.75) is 52.6 Å². The van der Waals surface area contributed by atoms with Gasteiger partial charge in [-0.3, -0.25) is 9.59 Å². The van der Waals surface area contributed by atoms with Gasteiger partial charge in [0, 0.05) is 24.5 Å². The van der Waals surface area contributed by atoms with Crippen molar-refractivity contribution in [3.05, 3.63) is 24.3 Å². The fraction of sp³-hybridized carbons (Fsp3) is 0.579. The molecule has 6 nitrogen and oxygen atoms in total. The van der Waals surface area contributed by atoms with Crippen molar-refractivity contribution in [1.82, 2.24) is 5.32 Å². The Labute approximate surface area is 150 Å². The summed E-state index contributed by atoms with van der Waals surface area (Å²) in [5.41, 5.74) is 7.42. The van der Waals surface area contributed by atoms with Crippen molar-refractivity contribution in [2.24, 2.45) is 11.1 Å². The van der Waals surface area contributed by atoms with Crippen molar-refractivity contribution in [1.29, 1.82) is 0 Å². The van der Waals surface area contributed by atoms with Crippen molar-refractivity contribution < 1.29 is 9.59 Å². The van der Waals surface area contributed by atoms with Gasteiger partial charge in [0.15, 0.2) is 0 Å². The molecule has 1 aliphatic heterocycles. The van der Waals surface area contributed by atoms with Crippen LogP contribution in [0.25, 0.3) is 0 Å². The second-order valence-corrected chi connectivity index (χ2v) is 7.81. The number of carbonyl (C=O) groups is 2. The Morgan fingerprint density at radius 3 is 2.40 bits per heavy atom. The van der Waals surface area contributed by atoms with Gasteiger partial charge in [0.2, 0.25) is 11.8 Å². The van der Waals surface area contributed by atoms with Crippen molar-refractivity contribution in [3.63, 3.8) is 0 Å². The molecule has 6 heteroatoms. The summed E-state index contributed by atoms with van der Waals surface area (Å²) in [5, 5.41) is 5.56. The molecule has 0 aliphatic carbocycles. The number of benzene rings is 1. The lowest BCUT2D eigenvalue weighted by Gasteiger charge is -2.27. The van der Waals surface area contributed by atoms with E-state index in [0.717, 1.165) is 24.5 Å². The zero-order valence-electron chi connectivity index (χ0n) is 15.6. The third-order valence-corrected chi connectivity index (χ3v) is 4.55. The smallest absolute Gasteiger partial charge is 0.246 e. The van der Waals surface area contributed by atoms with Gasteiger partial charge in [-0.15, -0.1) is 0 Å². The van der Waals surface area contributed by atoms with Crippen LogP contribution in [0.3, 0.4) is 0 Å². The summed E-state index contributed by atoms with van der Waals surface area (Å²) in [7, 11) is 0. The van der Waals surface area contributed by atoms with Crippen LogP contribution in [0, 0.1) is 5.41 Å². The first-order valence-electron chi connectivity index (χ1n) is 8.90. The molecule has 0 spiro atoms. The third kappa shape index (κ3) is 5.19. The molecule has 2 amide bonds. The summed E-state index contributed by atoms with van der Waals surface area (Å²) in [5.74, 6) is -0.575. The highest BCUT2D eigenvalue weighted by Gasteiger charge is 2.29. The zero-order valence-corrected chi connectivity index (χ0v) is 15.6. The van der Waals surface area contributed by atoms with Crippen molar-refractivity contribution in [3.8, 4) is 0 Å². The van der Waals surface area contributed by atoms with Crippen LogP contribution >= 0.6 is 0 Å². The predicted octanol–water partition coefficient (Wildman–Crippen LogP) is 2.10. The largest absolute Gasteiger partial charge is 0.371 e. The van der Waals surface area contributed by atoms with Crippen LogP contribution in [-0.4, -0.2) is 37.0 Å². The Morgan fingerprint density at radius 2 is 1.80 bits per heavy atom. The summed E-state index contributed by atoms with van der Waals surface area (Å²) >= 11 is 0. The fourth-order valence-corrected chi connectivity index (χ4v) is 2.77. The van der Waals surface area contributed by atoms with Crippen molar-refractivity contribution in [2.75, 3.05) is 23.3 Å². The summed E-state index contributed by atoms with van der Waals surface area (Å²) in [6, 6.07) is 6.49. The van der Waals surface area contributed by atoms with Gasteiger partial charge in [-0.05, 0) is 43.4 Å². The maximum Gasteiger partial charge on any atom is 0.246 e. The summed E-state index contributed by atoms with van der Waals surface area (Å²) in [4.78, 5) is 26.8. The molecule has 4 N–H and O–H groups in total. The molecule has 0 saturated carbocycles. The SMILES string of the molecule is CC(NC(=O)[C@@H](N)C(C)(C)C)C(=O)Nc1cccc(N2CCCC2)c1. The molecule has 0 aromatic heterocycles. The summed E-state index contributed by atoms with van der Waals surface area (Å²) < 4.78 is 0. The molecule has 0 bridgehead atoms. The molecule has 1 unspecified atom stereocenters. The molecule has 0 radical (unpaired) electrons. The highest BCUT2D eigenvalue weighted by molar-refractivity contribution is 5.97. The van der Waals surface area contributed by atoms with Gasteiger partial charge in [-0.1, -0.05) is 26.8 Å². The minimum atomic E-state index is -0.666. The second-order valence-electron chi connectivity index (χ2n) is 7.81. The van der Waals surface area contributed by atoms with E-state index in [2.05, 4.69) is 21.6 Å². The number of carbonyl (C=O) groups excluding carboxylic acids is 2. The molecule has 2 rings (SSSR count). The van der Waals surface area contributed by atoms with E-state index < -0.39 is 12.1 Å². The van der Waals surface area contributed by atoms with E-state index in [4.69, 9.17) is 5.73 Å². The van der Waals surface area contributed by atoms with E-state index in [1.54, 1.807) is 6.92 Å². The van der Waals surface area contributed by atoms with E-state index in [-0.39, 0.29) is 17.2 Å². The predicted molar refractivity (Wildman–Crippen MR) is 102 cm³/mol. The van der Waals surface area contributed by atoms with E-state index in [1.165, 1.54) is 12.8 Å². The van der Waals surface area contributed by atoms with Gasteiger partial charge in [0.25, 0.3) is 0 Å². The van der Waals surface area contributed by atoms with E-state index in [9.17, 15) is 9.59 Å². The molecule has 1 aliphatic rings. The Kier molecular flexibility index (Phi) is 6.06. The lowest BCUT2D eigenvalue weighted by atomic mass is 9.87. The number of rotatable bonds is 5. The number of nitrogens with two attached hydrogens (primary N) is 1.